The predicted molar refractivity (Wildman–Crippen MR) is 106 cm³/mol. The summed E-state index contributed by atoms with van der Waals surface area (Å²) in [6.45, 7) is 2.13. The molecule has 0 spiro atoms. The van der Waals surface area contributed by atoms with Gasteiger partial charge >= 0.3 is 0 Å². The second-order valence-electron chi connectivity index (χ2n) is 6.19. The van der Waals surface area contributed by atoms with Crippen LogP contribution in [0.15, 0.2) is 73.3 Å². The van der Waals surface area contributed by atoms with Crippen LogP contribution in [0.25, 0.3) is 22.0 Å². The van der Waals surface area contributed by atoms with Crippen molar-refractivity contribution in [2.24, 2.45) is 0 Å². The highest BCUT2D eigenvalue weighted by molar-refractivity contribution is 5.91. The molecule has 2 aromatic heterocycles. The Hall–Kier alpha value is -3.47. The first-order valence-electron chi connectivity index (χ1n) is 8.48. The van der Waals surface area contributed by atoms with Gasteiger partial charge in [0, 0.05) is 23.5 Å². The van der Waals surface area contributed by atoms with Crippen molar-refractivity contribution in [2.45, 2.75) is 13.0 Å². The number of aromatic nitrogens is 3. The molecule has 1 atom stereocenters. The van der Waals surface area contributed by atoms with Gasteiger partial charge in [-0.3, -0.25) is 4.98 Å². The van der Waals surface area contributed by atoms with Gasteiger partial charge in [-0.25, -0.2) is 9.97 Å². The molecule has 5 heteroatoms. The molecule has 26 heavy (non-hydrogen) atoms. The Balaban J connectivity index is 1.72. The third-order valence-electron chi connectivity index (χ3n) is 4.43. The third kappa shape index (κ3) is 3.07. The zero-order chi connectivity index (χ0) is 17.9. The quantitative estimate of drug-likeness (QED) is 0.536. The molecule has 4 rings (SSSR count). The lowest BCUT2D eigenvalue weighted by Crippen LogP contribution is -2.10. The first kappa shape index (κ1) is 16.0. The van der Waals surface area contributed by atoms with Crippen molar-refractivity contribution in [1.82, 2.24) is 15.0 Å². The van der Waals surface area contributed by atoms with Crippen LogP contribution in [-0.2, 0) is 0 Å². The molecule has 0 aliphatic heterocycles. The van der Waals surface area contributed by atoms with Gasteiger partial charge in [0.2, 0.25) is 0 Å². The minimum atomic E-state index is 0.0545. The standard InChI is InChI=1S/C21H19N5/c1-14(17-4-2-3-5-18(17)15-8-10-23-11-9-15)26-21-19-12-16(22)6-7-20(19)24-13-25-21/h2-14H,22H2,1H3,(H,24,25,26). The van der Waals surface area contributed by atoms with Crippen LogP contribution >= 0.6 is 0 Å². The maximum Gasteiger partial charge on any atom is 0.137 e. The van der Waals surface area contributed by atoms with E-state index in [4.69, 9.17) is 5.73 Å². The van der Waals surface area contributed by atoms with Crippen LogP contribution in [0.1, 0.15) is 18.5 Å². The lowest BCUT2D eigenvalue weighted by molar-refractivity contribution is 0.878. The molecular formula is C21H19N5. The SMILES string of the molecule is CC(Nc1ncnc2ccc(N)cc12)c1ccccc1-c1ccncc1. The Morgan fingerprint density at radius 1 is 0.962 bits per heavy atom. The van der Waals surface area contributed by atoms with E-state index in [1.165, 1.54) is 11.1 Å². The zero-order valence-corrected chi connectivity index (χ0v) is 14.4. The molecule has 0 saturated heterocycles. The molecule has 0 bridgehead atoms. The Bertz CT molecular complexity index is 1050. The number of pyridine rings is 1. The normalized spacial score (nSPS) is 12.0. The van der Waals surface area contributed by atoms with Crippen LogP contribution < -0.4 is 11.1 Å². The molecule has 0 fully saturated rings. The summed E-state index contributed by atoms with van der Waals surface area (Å²) in [5.41, 5.74) is 11.0. The van der Waals surface area contributed by atoms with Crippen LogP contribution in [0.3, 0.4) is 0 Å². The van der Waals surface area contributed by atoms with E-state index in [9.17, 15) is 0 Å². The second-order valence-corrected chi connectivity index (χ2v) is 6.19. The van der Waals surface area contributed by atoms with Crippen molar-refractivity contribution < 1.29 is 0 Å². The summed E-state index contributed by atoms with van der Waals surface area (Å²) < 4.78 is 0. The summed E-state index contributed by atoms with van der Waals surface area (Å²) in [6.07, 6.45) is 5.19. The second kappa shape index (κ2) is 6.80. The molecule has 1 unspecified atom stereocenters. The van der Waals surface area contributed by atoms with E-state index in [1.807, 2.05) is 54.9 Å². The van der Waals surface area contributed by atoms with Crippen LogP contribution in [0.5, 0.6) is 0 Å². The average Bonchev–Trinajstić information content (AvgIpc) is 2.69. The van der Waals surface area contributed by atoms with Crippen molar-refractivity contribution >= 4 is 22.4 Å². The minimum absolute atomic E-state index is 0.0545. The van der Waals surface area contributed by atoms with Gasteiger partial charge in [0.1, 0.15) is 12.1 Å². The fourth-order valence-corrected chi connectivity index (χ4v) is 3.14. The van der Waals surface area contributed by atoms with Crippen molar-refractivity contribution in [3.8, 4) is 11.1 Å². The Labute approximate surface area is 152 Å². The van der Waals surface area contributed by atoms with E-state index in [0.29, 0.717) is 5.69 Å². The largest absolute Gasteiger partial charge is 0.399 e. The number of nitrogens with two attached hydrogens (primary N) is 1. The molecule has 0 aliphatic rings. The third-order valence-corrected chi connectivity index (χ3v) is 4.43. The van der Waals surface area contributed by atoms with E-state index < -0.39 is 0 Å². The summed E-state index contributed by atoms with van der Waals surface area (Å²) in [4.78, 5) is 12.9. The van der Waals surface area contributed by atoms with Gasteiger partial charge in [0.05, 0.1) is 11.6 Å². The summed E-state index contributed by atoms with van der Waals surface area (Å²) in [7, 11) is 0. The van der Waals surface area contributed by atoms with Gasteiger partial charge in [-0.15, -0.1) is 0 Å². The molecule has 0 amide bonds. The Morgan fingerprint density at radius 3 is 2.62 bits per heavy atom. The van der Waals surface area contributed by atoms with Crippen LogP contribution in [0.4, 0.5) is 11.5 Å². The van der Waals surface area contributed by atoms with Crippen LogP contribution in [0, 0.1) is 0 Å². The summed E-state index contributed by atoms with van der Waals surface area (Å²) >= 11 is 0. The molecule has 0 aliphatic carbocycles. The maximum absolute atomic E-state index is 5.95. The molecule has 0 saturated carbocycles. The molecule has 128 valence electrons. The number of hydrogen-bond donors (Lipinski definition) is 2. The number of anilines is 2. The molecule has 4 aromatic rings. The summed E-state index contributed by atoms with van der Waals surface area (Å²) in [5, 5.41) is 4.43. The number of benzene rings is 2. The van der Waals surface area contributed by atoms with E-state index in [0.717, 1.165) is 22.3 Å². The predicted octanol–water partition coefficient (Wildman–Crippen LogP) is 4.45. The first-order chi connectivity index (χ1) is 12.7. The van der Waals surface area contributed by atoms with Crippen molar-refractivity contribution in [3.05, 3.63) is 78.9 Å². The number of nitrogens with zero attached hydrogens (tertiary/aromatic N) is 3. The Kier molecular flexibility index (Phi) is 4.19. The number of hydrogen-bond acceptors (Lipinski definition) is 5. The maximum atomic E-state index is 5.95. The van der Waals surface area contributed by atoms with E-state index in [2.05, 4.69) is 39.3 Å². The van der Waals surface area contributed by atoms with Gasteiger partial charge in [-0.2, -0.15) is 0 Å². The van der Waals surface area contributed by atoms with Gasteiger partial charge in [-0.1, -0.05) is 24.3 Å². The average molecular weight is 341 g/mol. The van der Waals surface area contributed by atoms with Crippen molar-refractivity contribution in [1.29, 1.82) is 0 Å². The molecule has 0 radical (unpaired) electrons. The van der Waals surface area contributed by atoms with Gasteiger partial charge < -0.3 is 11.1 Å². The van der Waals surface area contributed by atoms with Crippen molar-refractivity contribution in [2.75, 3.05) is 11.1 Å². The highest BCUT2D eigenvalue weighted by atomic mass is 15.0. The molecular weight excluding hydrogens is 322 g/mol. The van der Waals surface area contributed by atoms with Gasteiger partial charge in [0.25, 0.3) is 0 Å². The molecule has 3 N–H and O–H groups in total. The highest BCUT2D eigenvalue weighted by Crippen LogP contribution is 2.31. The van der Waals surface area contributed by atoms with Crippen molar-refractivity contribution in [3.63, 3.8) is 0 Å². The summed E-state index contributed by atoms with van der Waals surface area (Å²) in [6, 6.07) is 18.1. The number of rotatable bonds is 4. The topological polar surface area (TPSA) is 76.7 Å². The molecule has 5 nitrogen and oxygen atoms in total. The zero-order valence-electron chi connectivity index (χ0n) is 14.4. The van der Waals surface area contributed by atoms with E-state index >= 15 is 0 Å². The Morgan fingerprint density at radius 2 is 1.77 bits per heavy atom. The highest BCUT2D eigenvalue weighted by Gasteiger charge is 2.14. The smallest absolute Gasteiger partial charge is 0.137 e. The van der Waals surface area contributed by atoms with Crippen LogP contribution in [0.2, 0.25) is 0 Å². The first-order valence-corrected chi connectivity index (χ1v) is 8.48. The molecule has 2 heterocycles. The fourth-order valence-electron chi connectivity index (χ4n) is 3.14. The number of fused-ring (bicyclic) bond motifs is 1. The molecule has 2 aromatic carbocycles. The van der Waals surface area contributed by atoms with Crippen LogP contribution in [-0.4, -0.2) is 15.0 Å². The van der Waals surface area contributed by atoms with E-state index in [1.54, 1.807) is 6.33 Å². The minimum Gasteiger partial charge on any atom is -0.399 e. The fraction of sp³-hybridized carbons (Fsp3) is 0.0952. The number of nitrogen functional groups attached to an aromatic ring is 1. The lowest BCUT2D eigenvalue weighted by Gasteiger charge is -2.19. The van der Waals surface area contributed by atoms with E-state index in [-0.39, 0.29) is 6.04 Å². The van der Waals surface area contributed by atoms with Gasteiger partial charge in [-0.05, 0) is 53.9 Å². The summed E-state index contributed by atoms with van der Waals surface area (Å²) in [5.74, 6) is 0.777. The monoisotopic (exact) mass is 341 g/mol. The van der Waals surface area contributed by atoms with Gasteiger partial charge in [0.15, 0.2) is 0 Å². The lowest BCUT2D eigenvalue weighted by atomic mass is 9.96. The number of nitrogens with one attached hydrogen (secondary N) is 1.